The highest BCUT2D eigenvalue weighted by molar-refractivity contribution is 6.10. The van der Waals surface area contributed by atoms with Crippen LogP contribution in [0.4, 0.5) is 0 Å². The van der Waals surface area contributed by atoms with Gasteiger partial charge in [-0.25, -0.2) is 0 Å². The predicted octanol–water partition coefficient (Wildman–Crippen LogP) is 8.84. The number of carbonyl (C=O) groups is 2. The van der Waals surface area contributed by atoms with E-state index in [0.717, 1.165) is 28.0 Å². The van der Waals surface area contributed by atoms with Gasteiger partial charge in [-0.3, -0.25) is 24.0 Å². The Hall–Kier alpha value is -7.90. The standard InChI is InChI=1S/C21H17NO3.C13H11NO2.C12H8N2O.3H2/c1-25-17-10-7-15(8-11-17)9-12-19(23)20-18(13-14-22-21(20)24)16-5-3-2-4-6-16;1-9(15)12-11(7-8-14-13(12)16)10-5-3-2-4-6-10;13-8-11-10(6-7-14-12(11)15)9-4-2-1-3-5-9;;;/h2-14H,1H3,(H,22,24);2-8H,1H3,(H,14,16);1-7H,(H,14,15);3*1H/b12-9+;;;;;. The molecule has 3 heterocycles. The summed E-state index contributed by atoms with van der Waals surface area (Å²) in [6, 6.07) is 42.6. The zero-order chi connectivity index (χ0) is 39.9. The lowest BCUT2D eigenvalue weighted by Gasteiger charge is -2.06. The highest BCUT2D eigenvalue weighted by Gasteiger charge is 2.15. The number of hydrogen-bond acceptors (Lipinski definition) is 7. The number of aromatic amines is 3. The van der Waals surface area contributed by atoms with Crippen LogP contribution >= 0.6 is 0 Å². The first-order valence-corrected chi connectivity index (χ1v) is 17.3. The molecule has 0 amide bonds. The van der Waals surface area contributed by atoms with Gasteiger partial charge in [0.15, 0.2) is 11.6 Å². The minimum atomic E-state index is -0.397. The zero-order valence-electron chi connectivity index (χ0n) is 30.5. The number of rotatable bonds is 8. The number of allylic oxidation sites excluding steroid dienone is 1. The van der Waals surface area contributed by atoms with Crippen LogP contribution < -0.4 is 21.4 Å². The van der Waals surface area contributed by atoms with E-state index in [2.05, 4.69) is 15.0 Å². The van der Waals surface area contributed by atoms with Crippen molar-refractivity contribution < 1.29 is 18.6 Å². The molecular formula is C46H42N4O6. The Labute approximate surface area is 326 Å². The first kappa shape index (κ1) is 39.3. The molecule has 56 heavy (non-hydrogen) atoms. The fourth-order valence-corrected chi connectivity index (χ4v) is 5.69. The number of H-pyrrole nitrogens is 3. The van der Waals surface area contributed by atoms with Gasteiger partial charge in [0.05, 0.1) is 18.2 Å². The Morgan fingerprint density at radius 1 is 0.589 bits per heavy atom. The largest absolute Gasteiger partial charge is 0.497 e. The number of nitrogens with zero attached hydrogens (tertiary/aromatic N) is 1. The SMILES string of the molecule is CC(=O)c1c(-c2ccccc2)cc[nH]c1=O.COc1ccc(/C=C/C(=O)c2c(-c3ccccc3)cc[nH]c2=O)cc1.N#Cc1c(-c2ccccc2)cc[nH]c1=O.[HH].[HH].[HH]. The third kappa shape index (κ3) is 9.95. The van der Waals surface area contributed by atoms with Gasteiger partial charge in [0.2, 0.25) is 0 Å². The summed E-state index contributed by atoms with van der Waals surface area (Å²) < 4.78 is 5.11. The molecule has 7 rings (SSSR count). The molecule has 0 bridgehead atoms. The number of aromatic nitrogens is 3. The molecule has 0 radical (unpaired) electrons. The van der Waals surface area contributed by atoms with Crippen molar-refractivity contribution in [1.82, 2.24) is 15.0 Å². The molecule has 3 aromatic heterocycles. The predicted molar refractivity (Wildman–Crippen MR) is 225 cm³/mol. The monoisotopic (exact) mass is 746 g/mol. The highest BCUT2D eigenvalue weighted by atomic mass is 16.5. The Morgan fingerprint density at radius 2 is 1.02 bits per heavy atom. The summed E-state index contributed by atoms with van der Waals surface area (Å²) in [6.07, 6.45) is 7.75. The average molecular weight is 747 g/mol. The van der Waals surface area contributed by atoms with Gasteiger partial charge >= 0.3 is 0 Å². The minimum Gasteiger partial charge on any atom is -0.497 e. The number of carbonyl (C=O) groups excluding carboxylic acids is 2. The maximum absolute atomic E-state index is 12.6. The van der Waals surface area contributed by atoms with Crippen LogP contribution in [-0.4, -0.2) is 33.6 Å². The molecule has 0 unspecified atom stereocenters. The van der Waals surface area contributed by atoms with Gasteiger partial charge in [-0.2, -0.15) is 5.26 Å². The van der Waals surface area contributed by atoms with Gasteiger partial charge in [0, 0.05) is 28.4 Å². The molecule has 0 aliphatic heterocycles. The summed E-state index contributed by atoms with van der Waals surface area (Å²) in [5.74, 6) is 0.187. The van der Waals surface area contributed by atoms with Crippen LogP contribution in [0, 0.1) is 11.3 Å². The van der Waals surface area contributed by atoms with Crippen molar-refractivity contribution in [3.05, 3.63) is 211 Å². The molecule has 3 N–H and O–H groups in total. The third-order valence-corrected chi connectivity index (χ3v) is 8.39. The molecule has 0 atom stereocenters. The van der Waals surface area contributed by atoms with E-state index in [9.17, 15) is 24.0 Å². The first-order valence-electron chi connectivity index (χ1n) is 17.3. The molecule has 4 aromatic carbocycles. The van der Waals surface area contributed by atoms with Crippen LogP contribution in [0.25, 0.3) is 39.5 Å². The normalized spacial score (nSPS) is 10.2. The van der Waals surface area contributed by atoms with Gasteiger partial charge in [0.1, 0.15) is 17.4 Å². The number of benzene rings is 4. The van der Waals surface area contributed by atoms with Crippen LogP contribution in [-0.2, 0) is 0 Å². The van der Waals surface area contributed by atoms with E-state index in [1.165, 1.54) is 13.0 Å². The molecule has 0 aliphatic carbocycles. The van der Waals surface area contributed by atoms with Crippen LogP contribution in [0.15, 0.2) is 173 Å². The number of methoxy groups -OCH3 is 1. The average Bonchev–Trinajstić information content (AvgIpc) is 3.24. The molecule has 282 valence electrons. The molecule has 0 saturated carbocycles. The fraction of sp³-hybridized carbons (Fsp3) is 0.0435. The number of ketones is 2. The second kappa shape index (κ2) is 19.3. The van der Waals surface area contributed by atoms with Crippen molar-refractivity contribution >= 4 is 17.6 Å². The summed E-state index contributed by atoms with van der Waals surface area (Å²) in [7, 11) is 1.60. The lowest BCUT2D eigenvalue weighted by Crippen LogP contribution is -2.17. The molecule has 0 aliphatic rings. The Bertz CT molecular complexity index is 2690. The summed E-state index contributed by atoms with van der Waals surface area (Å²) in [5.41, 5.74) is 4.82. The van der Waals surface area contributed by atoms with E-state index >= 15 is 0 Å². The number of nitrogens with one attached hydrogen (secondary N) is 3. The van der Waals surface area contributed by atoms with E-state index in [4.69, 9.17) is 10.00 Å². The Kier molecular flexibility index (Phi) is 13.5. The first-order chi connectivity index (χ1) is 27.2. The third-order valence-electron chi connectivity index (χ3n) is 8.39. The molecule has 0 fully saturated rings. The van der Waals surface area contributed by atoms with Crippen molar-refractivity contribution in [1.29, 1.82) is 5.26 Å². The van der Waals surface area contributed by atoms with Gasteiger partial charge in [-0.05, 0) is 76.7 Å². The molecule has 7 aromatic rings. The van der Waals surface area contributed by atoms with E-state index in [1.54, 1.807) is 50.0 Å². The van der Waals surface area contributed by atoms with Gasteiger partial charge in [-0.1, -0.05) is 109 Å². The number of pyridine rings is 3. The smallest absolute Gasteiger partial charge is 0.266 e. The summed E-state index contributed by atoms with van der Waals surface area (Å²) >= 11 is 0. The molecule has 10 nitrogen and oxygen atoms in total. The topological polar surface area (TPSA) is 166 Å². The molecular weight excluding hydrogens is 705 g/mol. The van der Waals surface area contributed by atoms with Crippen molar-refractivity contribution in [3.63, 3.8) is 0 Å². The van der Waals surface area contributed by atoms with Crippen molar-refractivity contribution in [3.8, 4) is 45.2 Å². The molecule has 0 saturated heterocycles. The molecule has 10 heteroatoms. The van der Waals surface area contributed by atoms with Crippen LogP contribution in [0.1, 0.15) is 43.0 Å². The number of nitriles is 1. The van der Waals surface area contributed by atoms with E-state index in [1.807, 2.05) is 121 Å². The second-order valence-corrected chi connectivity index (χ2v) is 12.0. The lowest BCUT2D eigenvalue weighted by atomic mass is 9.98. The lowest BCUT2D eigenvalue weighted by molar-refractivity contribution is 0.101. The fourth-order valence-electron chi connectivity index (χ4n) is 5.69. The molecule has 0 spiro atoms. The van der Waals surface area contributed by atoms with Gasteiger partial charge < -0.3 is 19.7 Å². The van der Waals surface area contributed by atoms with Crippen molar-refractivity contribution in [2.24, 2.45) is 0 Å². The summed E-state index contributed by atoms with van der Waals surface area (Å²) in [4.78, 5) is 66.8. The van der Waals surface area contributed by atoms with Crippen LogP contribution in [0.2, 0.25) is 0 Å². The summed E-state index contributed by atoms with van der Waals surface area (Å²) in [6.45, 7) is 1.40. The highest BCUT2D eigenvalue weighted by Crippen LogP contribution is 2.23. The van der Waals surface area contributed by atoms with E-state index in [-0.39, 0.29) is 43.7 Å². The maximum Gasteiger partial charge on any atom is 0.266 e. The number of ether oxygens (including phenoxy) is 1. The van der Waals surface area contributed by atoms with Crippen LogP contribution in [0.5, 0.6) is 5.75 Å². The van der Waals surface area contributed by atoms with Gasteiger partial charge in [0.25, 0.3) is 16.7 Å². The second-order valence-electron chi connectivity index (χ2n) is 12.0. The Balaban J connectivity index is 0.000000311. The maximum atomic E-state index is 12.6. The minimum absolute atomic E-state index is 0. The summed E-state index contributed by atoms with van der Waals surface area (Å²) in [5, 5.41) is 8.89. The Morgan fingerprint density at radius 3 is 1.48 bits per heavy atom. The van der Waals surface area contributed by atoms with Gasteiger partial charge in [-0.15, -0.1) is 0 Å². The van der Waals surface area contributed by atoms with Crippen molar-refractivity contribution in [2.75, 3.05) is 7.11 Å². The van der Waals surface area contributed by atoms with E-state index < -0.39 is 5.56 Å². The zero-order valence-corrected chi connectivity index (χ0v) is 30.5. The number of Topliss-reactive ketones (excluding diaryl/α,β-unsaturated/α-hetero) is 1. The quantitative estimate of drug-likeness (QED) is 0.103. The number of hydrogen-bond donors (Lipinski definition) is 3. The van der Waals surface area contributed by atoms with Crippen LogP contribution in [0.3, 0.4) is 0 Å². The van der Waals surface area contributed by atoms with E-state index in [0.29, 0.717) is 16.7 Å². The van der Waals surface area contributed by atoms with Crippen molar-refractivity contribution in [2.45, 2.75) is 6.92 Å².